The molecule has 3 heterocycles. The van der Waals surface area contributed by atoms with Crippen LogP contribution in [0.5, 0.6) is 5.75 Å². The average Bonchev–Trinajstić information content (AvgIpc) is 3.24. The Hall–Kier alpha value is -2.53. The van der Waals surface area contributed by atoms with Crippen molar-refractivity contribution in [3.8, 4) is 5.75 Å². The van der Waals surface area contributed by atoms with Gasteiger partial charge in [-0.3, -0.25) is 4.79 Å². The molecule has 29 heavy (non-hydrogen) atoms. The lowest BCUT2D eigenvalue weighted by atomic mass is 9.97. The van der Waals surface area contributed by atoms with Crippen molar-refractivity contribution in [1.29, 1.82) is 0 Å². The van der Waals surface area contributed by atoms with E-state index in [1.807, 2.05) is 12.1 Å². The van der Waals surface area contributed by atoms with Crippen LogP contribution in [0, 0.1) is 0 Å². The Morgan fingerprint density at radius 1 is 1.07 bits per heavy atom. The first-order valence-corrected chi connectivity index (χ1v) is 11.0. The molecule has 152 valence electrons. The molecule has 1 aromatic heterocycles. The number of piperidine rings is 1. The number of hydrogen-bond acceptors (Lipinski definition) is 3. The van der Waals surface area contributed by atoms with E-state index in [9.17, 15) is 9.90 Å². The van der Waals surface area contributed by atoms with Gasteiger partial charge in [0.25, 0.3) is 5.91 Å². The molecule has 0 bridgehead atoms. The fourth-order valence-electron chi connectivity index (χ4n) is 4.94. The van der Waals surface area contributed by atoms with Gasteiger partial charge in [-0.1, -0.05) is 12.5 Å². The number of aryl methyl sites for hydroxylation is 1. The Kier molecular flexibility index (Phi) is 4.92. The van der Waals surface area contributed by atoms with Gasteiger partial charge in [0.2, 0.25) is 0 Å². The van der Waals surface area contributed by atoms with Crippen LogP contribution in [-0.4, -0.2) is 40.5 Å². The molecule has 0 saturated carbocycles. The molecular weight excluding hydrogens is 362 g/mol. The summed E-state index contributed by atoms with van der Waals surface area (Å²) in [5.74, 6) is 0.217. The van der Waals surface area contributed by atoms with Crippen LogP contribution in [0.2, 0.25) is 0 Å². The number of aromatic nitrogens is 1. The summed E-state index contributed by atoms with van der Waals surface area (Å²) in [4.78, 5) is 18.5. The normalized spacial score (nSPS) is 20.6. The number of anilines is 1. The Morgan fingerprint density at radius 3 is 2.72 bits per heavy atom. The molecule has 1 saturated heterocycles. The highest BCUT2D eigenvalue weighted by Gasteiger charge is 2.26. The molecule has 0 atom stereocenters. The zero-order chi connectivity index (χ0) is 19.8. The lowest BCUT2D eigenvalue weighted by Crippen LogP contribution is -2.31. The van der Waals surface area contributed by atoms with Crippen molar-refractivity contribution in [2.75, 3.05) is 25.0 Å². The number of likely N-dealkylation sites (tertiary alicyclic amines) is 1. The van der Waals surface area contributed by atoms with Gasteiger partial charge < -0.3 is 20.3 Å². The average molecular weight is 392 g/mol. The van der Waals surface area contributed by atoms with Crippen molar-refractivity contribution in [2.24, 2.45) is 0 Å². The topological polar surface area (TPSA) is 68.4 Å². The number of rotatable bonds is 4. The second-order valence-electron chi connectivity index (χ2n) is 8.60. The number of aromatic hydroxyl groups is 1. The molecule has 1 aliphatic carbocycles. The first-order valence-electron chi connectivity index (χ1n) is 11.0. The van der Waals surface area contributed by atoms with E-state index in [4.69, 9.17) is 0 Å². The third-order valence-electron chi connectivity index (χ3n) is 6.62. The molecule has 1 fully saturated rings. The van der Waals surface area contributed by atoms with Gasteiger partial charge in [0, 0.05) is 29.1 Å². The molecule has 2 aliphatic heterocycles. The SMILES string of the molecule is O=C1Nc2ccc(CCN3CCCCC3)cc2C1=Cc1[nH]c2c(c1O)CCCC2. The number of benzene rings is 1. The standard InChI is InChI=1S/C24H29N3O2/c28-23-17-6-2-3-7-20(17)25-22(23)15-19-18-14-16(8-9-21(18)26-24(19)29)10-13-27-11-4-1-5-12-27/h8-9,14-15,25,28H,1-7,10-13H2,(H,26,29). The highest BCUT2D eigenvalue weighted by Crippen LogP contribution is 2.38. The number of nitrogens with one attached hydrogen (secondary N) is 2. The summed E-state index contributed by atoms with van der Waals surface area (Å²) in [6, 6.07) is 6.28. The maximum absolute atomic E-state index is 12.6. The molecule has 5 heteroatoms. The van der Waals surface area contributed by atoms with Gasteiger partial charge in [-0.25, -0.2) is 0 Å². The first-order chi connectivity index (χ1) is 14.2. The van der Waals surface area contributed by atoms with Crippen LogP contribution >= 0.6 is 0 Å². The Morgan fingerprint density at radius 2 is 1.90 bits per heavy atom. The fraction of sp³-hybridized carbons (Fsp3) is 0.458. The van der Waals surface area contributed by atoms with E-state index in [1.165, 1.54) is 37.9 Å². The van der Waals surface area contributed by atoms with Gasteiger partial charge in [0.05, 0.1) is 11.3 Å². The summed E-state index contributed by atoms with van der Waals surface area (Å²) in [6.45, 7) is 3.48. The minimum absolute atomic E-state index is 0.0971. The van der Waals surface area contributed by atoms with Crippen molar-refractivity contribution < 1.29 is 9.90 Å². The molecule has 0 unspecified atom stereocenters. The lowest BCUT2D eigenvalue weighted by molar-refractivity contribution is -0.110. The van der Waals surface area contributed by atoms with Crippen LogP contribution in [-0.2, 0) is 24.1 Å². The maximum atomic E-state index is 12.6. The van der Waals surface area contributed by atoms with Crippen LogP contribution in [0.4, 0.5) is 5.69 Å². The number of carbonyl (C=O) groups is 1. The second-order valence-corrected chi connectivity index (χ2v) is 8.60. The third-order valence-corrected chi connectivity index (χ3v) is 6.62. The van der Waals surface area contributed by atoms with E-state index >= 15 is 0 Å². The molecule has 2 aromatic rings. The van der Waals surface area contributed by atoms with E-state index in [0.717, 1.165) is 61.2 Å². The molecular formula is C24H29N3O2. The molecule has 5 nitrogen and oxygen atoms in total. The zero-order valence-electron chi connectivity index (χ0n) is 16.9. The molecule has 0 radical (unpaired) electrons. The van der Waals surface area contributed by atoms with Gasteiger partial charge in [-0.2, -0.15) is 0 Å². The molecule has 1 aromatic carbocycles. The smallest absolute Gasteiger partial charge is 0.256 e. The lowest BCUT2D eigenvalue weighted by Gasteiger charge is -2.26. The number of amides is 1. The number of nitrogens with zero attached hydrogens (tertiary/aromatic N) is 1. The van der Waals surface area contributed by atoms with Crippen molar-refractivity contribution in [3.63, 3.8) is 0 Å². The largest absolute Gasteiger partial charge is 0.505 e. The first kappa shape index (κ1) is 18.5. The van der Waals surface area contributed by atoms with Crippen LogP contribution in [0.15, 0.2) is 18.2 Å². The molecule has 3 aliphatic rings. The highest BCUT2D eigenvalue weighted by atomic mass is 16.3. The summed E-state index contributed by atoms with van der Waals surface area (Å²) < 4.78 is 0. The molecule has 0 spiro atoms. The van der Waals surface area contributed by atoms with Crippen molar-refractivity contribution >= 4 is 23.2 Å². The number of H-pyrrole nitrogens is 1. The summed E-state index contributed by atoms with van der Waals surface area (Å²) >= 11 is 0. The Labute approximate surface area is 171 Å². The van der Waals surface area contributed by atoms with Gasteiger partial charge >= 0.3 is 0 Å². The van der Waals surface area contributed by atoms with Crippen LogP contribution in [0.3, 0.4) is 0 Å². The summed E-state index contributed by atoms with van der Waals surface area (Å²) in [5, 5.41) is 13.6. The van der Waals surface area contributed by atoms with Gasteiger partial charge in [-0.15, -0.1) is 0 Å². The minimum atomic E-state index is -0.0971. The van der Waals surface area contributed by atoms with Crippen molar-refractivity contribution in [2.45, 2.75) is 51.4 Å². The van der Waals surface area contributed by atoms with E-state index in [0.29, 0.717) is 17.0 Å². The maximum Gasteiger partial charge on any atom is 0.256 e. The third kappa shape index (κ3) is 3.60. The Balaban J connectivity index is 1.41. The summed E-state index contributed by atoms with van der Waals surface area (Å²) in [5.41, 5.74) is 6.50. The molecule has 5 rings (SSSR count). The van der Waals surface area contributed by atoms with E-state index in [-0.39, 0.29) is 5.91 Å². The van der Waals surface area contributed by atoms with Gasteiger partial charge in [0.1, 0.15) is 5.75 Å². The van der Waals surface area contributed by atoms with Crippen molar-refractivity contribution in [1.82, 2.24) is 9.88 Å². The zero-order valence-corrected chi connectivity index (χ0v) is 16.9. The van der Waals surface area contributed by atoms with Crippen LogP contribution in [0.1, 0.15) is 60.2 Å². The van der Waals surface area contributed by atoms with Crippen LogP contribution in [0.25, 0.3) is 11.6 Å². The highest BCUT2D eigenvalue weighted by molar-refractivity contribution is 6.35. The summed E-state index contributed by atoms with van der Waals surface area (Å²) in [7, 11) is 0. The van der Waals surface area contributed by atoms with Gasteiger partial charge in [0.15, 0.2) is 0 Å². The predicted molar refractivity (Wildman–Crippen MR) is 116 cm³/mol. The number of aromatic amines is 1. The number of carbonyl (C=O) groups excluding carboxylic acids is 1. The summed E-state index contributed by atoms with van der Waals surface area (Å²) in [6.07, 6.45) is 10.9. The van der Waals surface area contributed by atoms with Gasteiger partial charge in [-0.05, 0) is 81.8 Å². The second kappa shape index (κ2) is 7.71. The predicted octanol–water partition coefficient (Wildman–Crippen LogP) is 4.12. The van der Waals surface area contributed by atoms with Crippen molar-refractivity contribution in [3.05, 3.63) is 46.3 Å². The monoisotopic (exact) mass is 391 g/mol. The quantitative estimate of drug-likeness (QED) is 0.687. The van der Waals surface area contributed by atoms with E-state index < -0.39 is 0 Å². The number of hydrogen-bond donors (Lipinski definition) is 3. The minimum Gasteiger partial charge on any atom is -0.505 e. The van der Waals surface area contributed by atoms with Crippen LogP contribution < -0.4 is 5.32 Å². The number of fused-ring (bicyclic) bond motifs is 2. The molecule has 1 amide bonds. The van der Waals surface area contributed by atoms with E-state index in [1.54, 1.807) is 0 Å². The molecule has 3 N–H and O–H groups in total. The Bertz CT molecular complexity index is 967. The fourth-order valence-corrected chi connectivity index (χ4v) is 4.94. The van der Waals surface area contributed by atoms with E-state index in [2.05, 4.69) is 27.3 Å².